The first-order chi connectivity index (χ1) is 10.7. The first-order valence-electron chi connectivity index (χ1n) is 7.47. The van der Waals surface area contributed by atoms with Crippen molar-refractivity contribution in [3.63, 3.8) is 0 Å². The molecule has 0 bridgehead atoms. The van der Waals surface area contributed by atoms with Crippen molar-refractivity contribution >= 4 is 11.6 Å². The van der Waals surface area contributed by atoms with Crippen molar-refractivity contribution < 1.29 is 14.1 Å². The average Bonchev–Trinajstić information content (AvgIpc) is 2.97. The first-order valence-corrected chi connectivity index (χ1v) is 7.47. The van der Waals surface area contributed by atoms with Crippen molar-refractivity contribution in [2.45, 2.75) is 25.7 Å². The fraction of sp³-hybridized carbons (Fsp3) is 0.438. The number of para-hydroxylation sites is 1. The maximum Gasteiger partial charge on any atom is 0.232 e. The maximum absolute atomic E-state index is 12.0. The lowest BCUT2D eigenvalue weighted by Crippen LogP contribution is -2.23. The SMILES string of the molecule is C[C@@H]1COCC[C@H]1c1nc(CC(=O)Nc2ccccc2)no1. The van der Waals surface area contributed by atoms with Gasteiger partial charge in [-0.1, -0.05) is 30.3 Å². The van der Waals surface area contributed by atoms with Gasteiger partial charge in [0.2, 0.25) is 11.8 Å². The number of amides is 1. The normalized spacial score (nSPS) is 21.5. The Bertz CT molecular complexity index is 627. The summed E-state index contributed by atoms with van der Waals surface area (Å²) in [6.07, 6.45) is 0.981. The van der Waals surface area contributed by atoms with E-state index in [1.54, 1.807) is 0 Å². The fourth-order valence-electron chi connectivity index (χ4n) is 2.61. The van der Waals surface area contributed by atoms with Crippen LogP contribution in [-0.2, 0) is 16.0 Å². The summed E-state index contributed by atoms with van der Waals surface area (Å²) in [5.41, 5.74) is 0.759. The molecule has 2 atom stereocenters. The van der Waals surface area contributed by atoms with E-state index in [9.17, 15) is 4.79 Å². The zero-order valence-corrected chi connectivity index (χ0v) is 12.5. The standard InChI is InChI=1S/C16H19N3O3/c1-11-10-21-8-7-13(11)16-18-14(19-22-16)9-15(20)17-12-5-3-2-4-6-12/h2-6,11,13H,7-10H2,1H3,(H,17,20)/t11-,13-/m1/s1. The number of nitrogens with one attached hydrogen (secondary N) is 1. The molecule has 0 radical (unpaired) electrons. The van der Waals surface area contributed by atoms with Gasteiger partial charge in [0.25, 0.3) is 0 Å². The lowest BCUT2D eigenvalue weighted by molar-refractivity contribution is -0.115. The Morgan fingerprint density at radius 2 is 2.18 bits per heavy atom. The molecule has 1 amide bonds. The van der Waals surface area contributed by atoms with Gasteiger partial charge in [-0.05, 0) is 24.5 Å². The van der Waals surface area contributed by atoms with E-state index in [-0.39, 0.29) is 18.2 Å². The third kappa shape index (κ3) is 3.51. The molecule has 116 valence electrons. The summed E-state index contributed by atoms with van der Waals surface area (Å²) in [7, 11) is 0. The zero-order chi connectivity index (χ0) is 15.4. The van der Waals surface area contributed by atoms with E-state index in [0.717, 1.165) is 12.1 Å². The molecule has 0 saturated carbocycles. The summed E-state index contributed by atoms with van der Waals surface area (Å²) in [4.78, 5) is 16.4. The van der Waals surface area contributed by atoms with E-state index < -0.39 is 0 Å². The molecular formula is C16H19N3O3. The summed E-state index contributed by atoms with van der Waals surface area (Å²) in [5.74, 6) is 1.44. The Morgan fingerprint density at radius 1 is 1.36 bits per heavy atom. The Hall–Kier alpha value is -2.21. The average molecular weight is 301 g/mol. The van der Waals surface area contributed by atoms with Crippen LogP contribution in [-0.4, -0.2) is 29.3 Å². The summed E-state index contributed by atoms with van der Waals surface area (Å²) in [5, 5.41) is 6.73. The molecule has 1 aromatic carbocycles. The predicted octanol–water partition coefficient (Wildman–Crippen LogP) is 2.39. The minimum absolute atomic E-state index is 0.107. The van der Waals surface area contributed by atoms with E-state index in [1.807, 2.05) is 30.3 Å². The quantitative estimate of drug-likeness (QED) is 0.938. The second-order valence-electron chi connectivity index (χ2n) is 5.59. The van der Waals surface area contributed by atoms with Crippen LogP contribution in [0.5, 0.6) is 0 Å². The summed E-state index contributed by atoms with van der Waals surface area (Å²) < 4.78 is 10.7. The fourth-order valence-corrected chi connectivity index (χ4v) is 2.61. The van der Waals surface area contributed by atoms with Gasteiger partial charge < -0.3 is 14.6 Å². The first kappa shape index (κ1) is 14.7. The maximum atomic E-state index is 12.0. The third-order valence-corrected chi connectivity index (χ3v) is 3.82. The van der Waals surface area contributed by atoms with Crippen LogP contribution >= 0.6 is 0 Å². The van der Waals surface area contributed by atoms with Crippen molar-refractivity contribution in [1.82, 2.24) is 10.1 Å². The van der Waals surface area contributed by atoms with E-state index in [2.05, 4.69) is 22.4 Å². The van der Waals surface area contributed by atoms with Gasteiger partial charge in [-0.3, -0.25) is 4.79 Å². The van der Waals surface area contributed by atoms with Gasteiger partial charge in [-0.15, -0.1) is 0 Å². The largest absolute Gasteiger partial charge is 0.381 e. The molecule has 1 aromatic heterocycles. The van der Waals surface area contributed by atoms with Gasteiger partial charge >= 0.3 is 0 Å². The highest BCUT2D eigenvalue weighted by atomic mass is 16.5. The number of hydrogen-bond donors (Lipinski definition) is 1. The molecule has 1 N–H and O–H groups in total. The van der Waals surface area contributed by atoms with Crippen LogP contribution in [0.2, 0.25) is 0 Å². The number of benzene rings is 1. The topological polar surface area (TPSA) is 77.2 Å². The van der Waals surface area contributed by atoms with Gasteiger partial charge in [0, 0.05) is 24.8 Å². The molecule has 0 unspecified atom stereocenters. The van der Waals surface area contributed by atoms with Crippen LogP contribution < -0.4 is 5.32 Å². The Morgan fingerprint density at radius 3 is 2.95 bits per heavy atom. The van der Waals surface area contributed by atoms with E-state index in [0.29, 0.717) is 30.8 Å². The van der Waals surface area contributed by atoms with E-state index >= 15 is 0 Å². The van der Waals surface area contributed by atoms with E-state index in [1.165, 1.54) is 0 Å². The second kappa shape index (κ2) is 6.70. The van der Waals surface area contributed by atoms with Crippen molar-refractivity contribution in [1.29, 1.82) is 0 Å². The Labute approximate surface area is 128 Å². The Kier molecular flexibility index (Phi) is 4.48. The molecule has 3 rings (SSSR count). The summed E-state index contributed by atoms with van der Waals surface area (Å²) in [6.45, 7) is 3.52. The van der Waals surface area contributed by atoms with E-state index in [4.69, 9.17) is 9.26 Å². The third-order valence-electron chi connectivity index (χ3n) is 3.82. The zero-order valence-electron chi connectivity index (χ0n) is 12.5. The van der Waals surface area contributed by atoms with Gasteiger partial charge in [0.05, 0.1) is 6.42 Å². The molecule has 6 heteroatoms. The van der Waals surface area contributed by atoms with Crippen molar-refractivity contribution in [3.8, 4) is 0 Å². The monoisotopic (exact) mass is 301 g/mol. The van der Waals surface area contributed by atoms with Crippen LogP contribution in [0.15, 0.2) is 34.9 Å². The van der Waals surface area contributed by atoms with Crippen LogP contribution in [0.4, 0.5) is 5.69 Å². The molecule has 1 saturated heterocycles. The highest BCUT2D eigenvalue weighted by Gasteiger charge is 2.28. The number of anilines is 1. The number of carbonyl (C=O) groups excluding carboxylic acids is 1. The number of hydrogen-bond acceptors (Lipinski definition) is 5. The molecule has 6 nitrogen and oxygen atoms in total. The number of carbonyl (C=O) groups is 1. The minimum Gasteiger partial charge on any atom is -0.381 e. The number of rotatable bonds is 4. The van der Waals surface area contributed by atoms with Crippen LogP contribution in [0.25, 0.3) is 0 Å². The lowest BCUT2D eigenvalue weighted by atomic mass is 9.90. The smallest absolute Gasteiger partial charge is 0.232 e. The second-order valence-corrected chi connectivity index (χ2v) is 5.59. The van der Waals surface area contributed by atoms with Crippen molar-refractivity contribution in [2.24, 2.45) is 5.92 Å². The highest BCUT2D eigenvalue weighted by Crippen LogP contribution is 2.30. The molecule has 1 aliphatic heterocycles. The molecule has 1 fully saturated rings. The summed E-state index contributed by atoms with van der Waals surface area (Å²) >= 11 is 0. The van der Waals surface area contributed by atoms with Crippen LogP contribution in [0.1, 0.15) is 31.0 Å². The number of ether oxygens (including phenoxy) is 1. The van der Waals surface area contributed by atoms with Crippen LogP contribution in [0, 0.1) is 5.92 Å². The highest BCUT2D eigenvalue weighted by molar-refractivity contribution is 5.91. The van der Waals surface area contributed by atoms with Crippen molar-refractivity contribution in [2.75, 3.05) is 18.5 Å². The van der Waals surface area contributed by atoms with Crippen LogP contribution in [0.3, 0.4) is 0 Å². The molecule has 1 aliphatic rings. The van der Waals surface area contributed by atoms with Gasteiger partial charge in [-0.25, -0.2) is 0 Å². The molecule has 22 heavy (non-hydrogen) atoms. The predicted molar refractivity (Wildman–Crippen MR) is 80.4 cm³/mol. The van der Waals surface area contributed by atoms with Gasteiger partial charge in [-0.2, -0.15) is 4.98 Å². The van der Waals surface area contributed by atoms with Crippen molar-refractivity contribution in [3.05, 3.63) is 42.0 Å². The summed E-state index contributed by atoms with van der Waals surface area (Å²) in [6, 6.07) is 9.31. The number of nitrogens with zero attached hydrogens (tertiary/aromatic N) is 2. The molecule has 0 spiro atoms. The molecule has 0 aliphatic carbocycles. The molecule has 2 heterocycles. The molecule has 2 aromatic rings. The van der Waals surface area contributed by atoms with Gasteiger partial charge in [0.1, 0.15) is 0 Å². The number of aromatic nitrogens is 2. The Balaban J connectivity index is 1.60. The lowest BCUT2D eigenvalue weighted by Gasteiger charge is -2.25. The molecular weight excluding hydrogens is 282 g/mol. The minimum atomic E-state index is -0.154. The van der Waals surface area contributed by atoms with Gasteiger partial charge in [0.15, 0.2) is 5.82 Å².